The Kier molecular flexibility index (Phi) is 4.55. The molecule has 114 valence electrons. The molecule has 0 bridgehead atoms. The molecule has 3 nitrogen and oxygen atoms in total. The molecule has 2 aromatic rings. The molecule has 0 spiro atoms. The molecule has 22 heavy (non-hydrogen) atoms. The molecule has 0 aliphatic heterocycles. The lowest BCUT2D eigenvalue weighted by molar-refractivity contribution is 0.0999. The number of carbonyl (C=O) groups is 1. The quantitative estimate of drug-likeness (QED) is 0.773. The fraction of sp³-hybridized carbons (Fsp3) is 0.235. The van der Waals surface area contributed by atoms with Gasteiger partial charge in [-0.3, -0.25) is 5.32 Å². The Labute approximate surface area is 139 Å². The van der Waals surface area contributed by atoms with Crippen molar-refractivity contribution in [3.05, 3.63) is 63.6 Å². The van der Waals surface area contributed by atoms with Crippen LogP contribution in [-0.4, -0.2) is 6.09 Å². The summed E-state index contributed by atoms with van der Waals surface area (Å²) < 4.78 is 5.57. The number of carbonyl (C=O) groups excluding carboxylic acids is 1. The van der Waals surface area contributed by atoms with Gasteiger partial charge in [-0.25, -0.2) is 4.79 Å². The summed E-state index contributed by atoms with van der Waals surface area (Å²) in [5.41, 5.74) is 2.91. The predicted molar refractivity (Wildman–Crippen MR) is 88.7 cm³/mol. The Morgan fingerprint density at radius 2 is 1.95 bits per heavy atom. The van der Waals surface area contributed by atoms with E-state index in [9.17, 15) is 4.79 Å². The van der Waals surface area contributed by atoms with Gasteiger partial charge in [-0.15, -0.1) is 0 Å². The summed E-state index contributed by atoms with van der Waals surface area (Å²) in [6.45, 7) is 0. The van der Waals surface area contributed by atoms with E-state index in [-0.39, 0.29) is 6.10 Å². The van der Waals surface area contributed by atoms with Gasteiger partial charge in [0.15, 0.2) is 0 Å². The van der Waals surface area contributed by atoms with Crippen LogP contribution in [0.5, 0.6) is 0 Å². The molecule has 0 aromatic heterocycles. The Morgan fingerprint density at radius 3 is 2.77 bits per heavy atom. The van der Waals surface area contributed by atoms with Gasteiger partial charge in [-0.2, -0.15) is 0 Å². The molecule has 0 heterocycles. The van der Waals surface area contributed by atoms with Gasteiger partial charge in [0.25, 0.3) is 0 Å². The summed E-state index contributed by atoms with van der Waals surface area (Å²) in [5, 5.41) is 3.52. The van der Waals surface area contributed by atoms with E-state index in [0.717, 1.165) is 24.8 Å². The van der Waals surface area contributed by atoms with Gasteiger partial charge < -0.3 is 4.74 Å². The van der Waals surface area contributed by atoms with Crippen LogP contribution in [0.3, 0.4) is 0 Å². The molecule has 1 aliphatic rings. The van der Waals surface area contributed by atoms with Gasteiger partial charge in [0, 0.05) is 5.69 Å². The van der Waals surface area contributed by atoms with Crippen LogP contribution in [-0.2, 0) is 11.2 Å². The Balaban J connectivity index is 1.69. The number of amides is 1. The lowest BCUT2D eigenvalue weighted by Crippen LogP contribution is -2.20. The molecule has 1 aliphatic carbocycles. The number of rotatable bonds is 2. The van der Waals surface area contributed by atoms with Crippen LogP contribution in [0.25, 0.3) is 0 Å². The van der Waals surface area contributed by atoms with Crippen molar-refractivity contribution in [2.45, 2.75) is 25.4 Å². The van der Waals surface area contributed by atoms with Crippen LogP contribution in [0.15, 0.2) is 42.5 Å². The summed E-state index contributed by atoms with van der Waals surface area (Å²) in [5.74, 6) is 0. The molecule has 3 rings (SSSR count). The number of aryl methyl sites for hydroxylation is 1. The highest BCUT2D eigenvalue weighted by Gasteiger charge is 2.23. The van der Waals surface area contributed by atoms with E-state index in [1.807, 2.05) is 18.2 Å². The molecule has 5 heteroatoms. The maximum absolute atomic E-state index is 12.1. The van der Waals surface area contributed by atoms with Gasteiger partial charge in [0.1, 0.15) is 6.10 Å². The van der Waals surface area contributed by atoms with E-state index in [4.69, 9.17) is 27.9 Å². The van der Waals surface area contributed by atoms with Crippen molar-refractivity contribution in [3.63, 3.8) is 0 Å². The Morgan fingerprint density at radius 1 is 1.14 bits per heavy atom. The van der Waals surface area contributed by atoms with Gasteiger partial charge in [0.05, 0.1) is 10.0 Å². The summed E-state index contributed by atoms with van der Waals surface area (Å²) in [4.78, 5) is 12.1. The first-order valence-corrected chi connectivity index (χ1v) is 7.89. The zero-order chi connectivity index (χ0) is 15.5. The standard InChI is InChI=1S/C17H15Cl2NO2/c18-14-9-8-12(10-15(14)19)20-17(21)22-16-7-3-5-11-4-1-2-6-13(11)16/h1-2,4,6,8-10,16H,3,5,7H2,(H,20,21). The summed E-state index contributed by atoms with van der Waals surface area (Å²) in [6, 6.07) is 13.0. The van der Waals surface area contributed by atoms with Crippen molar-refractivity contribution in [3.8, 4) is 0 Å². The van der Waals surface area contributed by atoms with E-state index < -0.39 is 6.09 Å². The van der Waals surface area contributed by atoms with Crippen molar-refractivity contribution in [1.29, 1.82) is 0 Å². The average Bonchev–Trinajstić information content (AvgIpc) is 2.51. The van der Waals surface area contributed by atoms with E-state index in [1.165, 1.54) is 5.56 Å². The van der Waals surface area contributed by atoms with E-state index in [2.05, 4.69) is 11.4 Å². The van der Waals surface area contributed by atoms with Gasteiger partial charge in [-0.1, -0.05) is 47.5 Å². The van der Waals surface area contributed by atoms with Crippen LogP contribution in [0.4, 0.5) is 10.5 Å². The topological polar surface area (TPSA) is 38.3 Å². The summed E-state index contributed by atoms with van der Waals surface area (Å²) in [6.07, 6.45) is 2.20. The van der Waals surface area contributed by atoms with E-state index >= 15 is 0 Å². The lowest BCUT2D eigenvalue weighted by atomic mass is 9.89. The first-order chi connectivity index (χ1) is 10.6. The van der Waals surface area contributed by atoms with Gasteiger partial charge in [-0.05, 0) is 48.6 Å². The van der Waals surface area contributed by atoms with Crippen LogP contribution >= 0.6 is 23.2 Å². The monoisotopic (exact) mass is 335 g/mol. The molecular formula is C17H15Cl2NO2. The largest absolute Gasteiger partial charge is 0.441 e. The highest BCUT2D eigenvalue weighted by Crippen LogP contribution is 2.32. The number of halogens is 2. The Bertz CT molecular complexity index is 703. The normalized spacial score (nSPS) is 16.7. The highest BCUT2D eigenvalue weighted by atomic mass is 35.5. The van der Waals surface area contributed by atoms with Crippen molar-refractivity contribution in [2.24, 2.45) is 0 Å². The summed E-state index contributed by atoms with van der Waals surface area (Å²) >= 11 is 11.8. The number of benzene rings is 2. The van der Waals surface area contributed by atoms with Crippen LogP contribution in [0.1, 0.15) is 30.1 Å². The molecular weight excluding hydrogens is 321 g/mol. The molecule has 0 radical (unpaired) electrons. The lowest BCUT2D eigenvalue weighted by Gasteiger charge is -2.25. The number of anilines is 1. The third-order valence-corrected chi connectivity index (χ3v) is 4.47. The SMILES string of the molecule is O=C(Nc1ccc(Cl)c(Cl)c1)OC1CCCc2ccccc21. The number of nitrogens with one attached hydrogen (secondary N) is 1. The van der Waals surface area contributed by atoms with Crippen molar-refractivity contribution in [1.82, 2.24) is 0 Å². The molecule has 1 atom stereocenters. The minimum atomic E-state index is -0.486. The van der Waals surface area contributed by atoms with Crippen LogP contribution < -0.4 is 5.32 Å². The second-order valence-corrected chi connectivity index (χ2v) is 6.05. The molecule has 0 saturated carbocycles. The average molecular weight is 336 g/mol. The minimum absolute atomic E-state index is 0.201. The van der Waals surface area contributed by atoms with Crippen LogP contribution in [0.2, 0.25) is 10.0 Å². The Hall–Kier alpha value is -1.71. The maximum atomic E-state index is 12.1. The zero-order valence-corrected chi connectivity index (χ0v) is 13.3. The molecule has 1 unspecified atom stereocenters. The number of ether oxygens (including phenoxy) is 1. The van der Waals surface area contributed by atoms with Crippen molar-refractivity contribution < 1.29 is 9.53 Å². The second-order valence-electron chi connectivity index (χ2n) is 5.24. The third-order valence-electron chi connectivity index (χ3n) is 3.73. The maximum Gasteiger partial charge on any atom is 0.412 e. The predicted octanol–water partition coefficient (Wildman–Crippen LogP) is 5.62. The smallest absolute Gasteiger partial charge is 0.412 e. The first kappa shape index (κ1) is 15.2. The van der Waals surface area contributed by atoms with E-state index in [0.29, 0.717) is 15.7 Å². The zero-order valence-electron chi connectivity index (χ0n) is 11.8. The fourth-order valence-corrected chi connectivity index (χ4v) is 2.98. The molecule has 1 N–H and O–H groups in total. The number of fused-ring (bicyclic) bond motifs is 1. The highest BCUT2D eigenvalue weighted by molar-refractivity contribution is 6.42. The molecule has 1 amide bonds. The van der Waals surface area contributed by atoms with Gasteiger partial charge in [0.2, 0.25) is 0 Å². The number of hydrogen-bond acceptors (Lipinski definition) is 2. The summed E-state index contributed by atoms with van der Waals surface area (Å²) in [7, 11) is 0. The number of hydrogen-bond donors (Lipinski definition) is 1. The molecule has 2 aromatic carbocycles. The molecule has 0 fully saturated rings. The molecule has 0 saturated heterocycles. The van der Waals surface area contributed by atoms with Gasteiger partial charge >= 0.3 is 6.09 Å². The van der Waals surface area contributed by atoms with E-state index in [1.54, 1.807) is 18.2 Å². The van der Waals surface area contributed by atoms with Crippen molar-refractivity contribution in [2.75, 3.05) is 5.32 Å². The first-order valence-electron chi connectivity index (χ1n) is 7.14. The minimum Gasteiger partial charge on any atom is -0.441 e. The second kappa shape index (κ2) is 6.59. The third kappa shape index (κ3) is 3.37. The fourth-order valence-electron chi connectivity index (χ4n) is 2.68. The van der Waals surface area contributed by atoms with Crippen molar-refractivity contribution >= 4 is 35.0 Å². The van der Waals surface area contributed by atoms with Crippen LogP contribution in [0, 0.1) is 0 Å².